The van der Waals surface area contributed by atoms with Crippen molar-refractivity contribution in [2.45, 2.75) is 44.6 Å². The normalized spacial score (nSPS) is 13.6. The largest absolute Gasteiger partial charge is 0.407 e. The summed E-state index contributed by atoms with van der Waals surface area (Å²) in [6.45, 7) is 11.0. The van der Waals surface area contributed by atoms with Gasteiger partial charge in [-0.2, -0.15) is 8.42 Å². The lowest BCUT2D eigenvalue weighted by Crippen LogP contribution is -2.66. The summed E-state index contributed by atoms with van der Waals surface area (Å²) in [6, 6.07) is 27.5. The molecule has 0 aliphatic heterocycles. The van der Waals surface area contributed by atoms with Gasteiger partial charge in [-0.05, 0) is 34.5 Å². The van der Waals surface area contributed by atoms with Crippen LogP contribution in [-0.4, -0.2) is 29.9 Å². The highest BCUT2D eigenvalue weighted by Crippen LogP contribution is 2.37. The Hall–Kier alpha value is -2.25. The molecule has 33 heavy (non-hydrogen) atoms. The van der Waals surface area contributed by atoms with Gasteiger partial charge in [-0.25, -0.2) is 0 Å². The third-order valence-electron chi connectivity index (χ3n) is 5.82. The number of aryl methyl sites for hydroxylation is 1. The van der Waals surface area contributed by atoms with E-state index < -0.39 is 18.4 Å². The van der Waals surface area contributed by atoms with Crippen molar-refractivity contribution in [2.75, 3.05) is 13.2 Å². The highest BCUT2D eigenvalue weighted by Gasteiger charge is 2.50. The van der Waals surface area contributed by atoms with Crippen LogP contribution in [0.2, 0.25) is 5.04 Å². The molecule has 0 saturated carbocycles. The molecule has 176 valence electrons. The van der Waals surface area contributed by atoms with Gasteiger partial charge >= 0.3 is 0 Å². The van der Waals surface area contributed by atoms with Gasteiger partial charge in [0.15, 0.2) is 0 Å². The van der Waals surface area contributed by atoms with Gasteiger partial charge in [0.05, 0.1) is 11.5 Å². The van der Waals surface area contributed by atoms with Crippen molar-refractivity contribution >= 4 is 28.8 Å². The topological polar surface area (TPSA) is 52.6 Å². The molecule has 0 aromatic heterocycles. The fraction of sp³-hybridized carbons (Fsp3) is 0.333. The third kappa shape index (κ3) is 5.82. The summed E-state index contributed by atoms with van der Waals surface area (Å²) in [5.74, 6) is -0.105. The first kappa shape index (κ1) is 25.4. The molecule has 0 bridgehead atoms. The van der Waals surface area contributed by atoms with Crippen molar-refractivity contribution in [3.05, 3.63) is 90.5 Å². The fourth-order valence-corrected chi connectivity index (χ4v) is 9.76. The summed E-state index contributed by atoms with van der Waals surface area (Å²) < 4.78 is 37.5. The van der Waals surface area contributed by atoms with E-state index in [1.165, 1.54) is 10.4 Å². The first-order valence-corrected chi connectivity index (χ1v) is 14.6. The Balaban J connectivity index is 1.82. The number of hydrogen-bond donors (Lipinski definition) is 0. The Morgan fingerprint density at radius 3 is 1.73 bits per heavy atom. The van der Waals surface area contributed by atoms with E-state index in [-0.39, 0.29) is 22.5 Å². The van der Waals surface area contributed by atoms with E-state index in [9.17, 15) is 8.42 Å². The van der Waals surface area contributed by atoms with Crippen LogP contribution >= 0.6 is 0 Å². The maximum Gasteiger partial charge on any atom is 0.296 e. The van der Waals surface area contributed by atoms with Crippen LogP contribution < -0.4 is 10.4 Å². The highest BCUT2D eigenvalue weighted by atomic mass is 32.2. The summed E-state index contributed by atoms with van der Waals surface area (Å²) in [7, 11) is -6.47. The van der Waals surface area contributed by atoms with Gasteiger partial charge in [0, 0.05) is 12.5 Å². The Bertz CT molecular complexity index is 1080. The van der Waals surface area contributed by atoms with Crippen molar-refractivity contribution in [2.24, 2.45) is 5.92 Å². The molecule has 3 aromatic rings. The smallest absolute Gasteiger partial charge is 0.296 e. The molecule has 3 aromatic carbocycles. The maximum atomic E-state index is 12.6. The lowest BCUT2D eigenvalue weighted by atomic mass is 10.2. The Kier molecular flexibility index (Phi) is 7.95. The summed E-state index contributed by atoms with van der Waals surface area (Å²) in [4.78, 5) is 0.174. The molecule has 0 radical (unpaired) electrons. The van der Waals surface area contributed by atoms with Crippen LogP contribution in [0.4, 0.5) is 0 Å². The van der Waals surface area contributed by atoms with Crippen LogP contribution in [0.3, 0.4) is 0 Å². The quantitative estimate of drug-likeness (QED) is 0.321. The second kappa shape index (κ2) is 10.3. The molecule has 0 spiro atoms. The Labute approximate surface area is 199 Å². The zero-order chi connectivity index (χ0) is 24.1. The molecule has 0 heterocycles. The van der Waals surface area contributed by atoms with Crippen molar-refractivity contribution in [1.82, 2.24) is 0 Å². The van der Waals surface area contributed by atoms with Crippen molar-refractivity contribution < 1.29 is 17.0 Å². The molecule has 6 heteroatoms. The zero-order valence-electron chi connectivity index (χ0n) is 20.1. The minimum atomic E-state index is -3.80. The van der Waals surface area contributed by atoms with E-state index in [2.05, 4.69) is 69.3 Å². The average Bonchev–Trinajstić information content (AvgIpc) is 2.79. The minimum absolute atomic E-state index is 0.0639. The number of rotatable bonds is 9. The predicted octanol–water partition coefficient (Wildman–Crippen LogP) is 4.91. The lowest BCUT2D eigenvalue weighted by molar-refractivity contribution is 0.184. The molecule has 0 saturated heterocycles. The molecule has 3 rings (SSSR count). The lowest BCUT2D eigenvalue weighted by Gasteiger charge is -2.43. The summed E-state index contributed by atoms with van der Waals surface area (Å²) in [5, 5.41) is 2.26. The molecule has 0 aliphatic rings. The van der Waals surface area contributed by atoms with Crippen LogP contribution in [0.5, 0.6) is 0 Å². The molecule has 0 amide bonds. The van der Waals surface area contributed by atoms with Crippen LogP contribution in [0.1, 0.15) is 33.3 Å². The number of benzene rings is 3. The van der Waals surface area contributed by atoms with Crippen LogP contribution in [-0.2, 0) is 18.7 Å². The molecular weight excluding hydrogens is 448 g/mol. The molecule has 4 nitrogen and oxygen atoms in total. The van der Waals surface area contributed by atoms with Gasteiger partial charge in [-0.3, -0.25) is 4.18 Å². The van der Waals surface area contributed by atoms with Crippen LogP contribution in [0.15, 0.2) is 89.8 Å². The molecule has 0 fully saturated rings. The van der Waals surface area contributed by atoms with E-state index in [1.54, 1.807) is 24.3 Å². The Morgan fingerprint density at radius 2 is 1.27 bits per heavy atom. The molecule has 0 unspecified atom stereocenters. The second-order valence-corrected chi connectivity index (χ2v) is 15.6. The van der Waals surface area contributed by atoms with E-state index in [4.69, 9.17) is 8.61 Å². The first-order valence-electron chi connectivity index (χ1n) is 11.3. The van der Waals surface area contributed by atoms with Gasteiger partial charge in [0.25, 0.3) is 18.4 Å². The maximum absolute atomic E-state index is 12.6. The second-order valence-electron chi connectivity index (χ2n) is 9.63. The predicted molar refractivity (Wildman–Crippen MR) is 137 cm³/mol. The monoisotopic (exact) mass is 482 g/mol. The molecule has 0 aliphatic carbocycles. The minimum Gasteiger partial charge on any atom is -0.407 e. The molecule has 1 atom stereocenters. The van der Waals surface area contributed by atoms with Gasteiger partial charge in [-0.1, -0.05) is 106 Å². The Morgan fingerprint density at radius 1 is 0.788 bits per heavy atom. The van der Waals surface area contributed by atoms with Crippen LogP contribution in [0.25, 0.3) is 0 Å². The standard InChI is InChI=1S/C27H34O4SSi/c1-22-16-18-24(19-17-22)32(28,29)30-20-23(2)21-31-33(27(3,4)5,25-12-8-6-9-13-25)26-14-10-7-11-15-26/h6-19,23H,20-21H2,1-5H3/t23-/m0/s1. The number of hydrogen-bond acceptors (Lipinski definition) is 4. The summed E-state index contributed by atoms with van der Waals surface area (Å²) >= 11 is 0. The third-order valence-corrected chi connectivity index (χ3v) is 12.1. The highest BCUT2D eigenvalue weighted by molar-refractivity contribution is 7.86. The van der Waals surface area contributed by atoms with E-state index in [0.717, 1.165) is 5.56 Å². The zero-order valence-corrected chi connectivity index (χ0v) is 21.9. The van der Waals surface area contributed by atoms with E-state index >= 15 is 0 Å². The SMILES string of the molecule is Cc1ccc(S(=O)(=O)OC[C@H](C)CO[Si](c2ccccc2)(c2ccccc2)C(C)(C)C)cc1. The molecular formula is C27H34O4SSi. The van der Waals surface area contributed by atoms with Gasteiger partial charge in [-0.15, -0.1) is 0 Å². The average molecular weight is 483 g/mol. The van der Waals surface area contributed by atoms with Gasteiger partial charge in [0.1, 0.15) is 0 Å². The first-order chi connectivity index (χ1) is 15.6. The van der Waals surface area contributed by atoms with Gasteiger partial charge < -0.3 is 4.43 Å². The molecule has 0 N–H and O–H groups in total. The van der Waals surface area contributed by atoms with Gasteiger partial charge in [0.2, 0.25) is 0 Å². The van der Waals surface area contributed by atoms with E-state index in [1.807, 2.05) is 26.0 Å². The van der Waals surface area contributed by atoms with Crippen LogP contribution in [0, 0.1) is 12.8 Å². The van der Waals surface area contributed by atoms with Crippen molar-refractivity contribution in [3.63, 3.8) is 0 Å². The van der Waals surface area contributed by atoms with Crippen molar-refractivity contribution in [1.29, 1.82) is 0 Å². The summed E-state index contributed by atoms with van der Waals surface area (Å²) in [5.41, 5.74) is 1.00. The fourth-order valence-electron chi connectivity index (χ4n) is 4.06. The summed E-state index contributed by atoms with van der Waals surface area (Å²) in [6.07, 6.45) is 0. The van der Waals surface area contributed by atoms with E-state index in [0.29, 0.717) is 6.61 Å². The van der Waals surface area contributed by atoms with Crippen molar-refractivity contribution in [3.8, 4) is 0 Å².